The van der Waals surface area contributed by atoms with E-state index in [-0.39, 0.29) is 5.41 Å². The number of benzene rings is 3. The maximum atomic E-state index is 5.66. The van der Waals surface area contributed by atoms with Crippen molar-refractivity contribution in [2.45, 2.75) is 38.1 Å². The van der Waals surface area contributed by atoms with Crippen LogP contribution in [0, 0.1) is 12.8 Å². The molecule has 3 heteroatoms. The molecule has 1 saturated heterocycles. The average molecular weight is 451 g/mol. The van der Waals surface area contributed by atoms with E-state index in [4.69, 9.17) is 4.74 Å². The summed E-state index contributed by atoms with van der Waals surface area (Å²) in [4.78, 5) is 2.68. The Morgan fingerprint density at radius 1 is 1.00 bits per heavy atom. The molecule has 34 heavy (non-hydrogen) atoms. The van der Waals surface area contributed by atoms with Crippen LogP contribution in [0.2, 0.25) is 0 Å². The molecule has 3 nitrogen and oxygen atoms in total. The number of hydrogen-bond acceptors (Lipinski definition) is 2. The number of aryl methyl sites for hydroxylation is 2. The Balaban J connectivity index is 1.44. The van der Waals surface area contributed by atoms with Crippen molar-refractivity contribution < 1.29 is 4.74 Å². The zero-order chi connectivity index (χ0) is 23.3. The molecule has 1 fully saturated rings. The predicted molar refractivity (Wildman–Crippen MR) is 140 cm³/mol. The fourth-order valence-corrected chi connectivity index (χ4v) is 6.72. The van der Waals surface area contributed by atoms with Gasteiger partial charge in [-0.2, -0.15) is 0 Å². The highest BCUT2D eigenvalue weighted by Gasteiger charge is 2.48. The Labute approximate surface area is 203 Å². The standard InChI is InChI=1S/C31H34N2O/c1-22-12-13-29-27(16-22)28-18-25-21-33(20-23-8-5-4-6-9-23)15-14-31(25,19-30(28)32(29)2)24-10-7-11-26(17-24)34-3/h4-13,16-17,25H,14-15,18-21H2,1-3H3. The number of piperidine rings is 1. The summed E-state index contributed by atoms with van der Waals surface area (Å²) < 4.78 is 8.13. The second-order valence-corrected chi connectivity index (χ2v) is 10.4. The van der Waals surface area contributed by atoms with Crippen LogP contribution in [0.3, 0.4) is 0 Å². The van der Waals surface area contributed by atoms with Crippen LogP contribution < -0.4 is 4.74 Å². The third-order valence-corrected chi connectivity index (χ3v) is 8.55. The molecular weight excluding hydrogens is 416 g/mol. The first kappa shape index (κ1) is 21.5. The predicted octanol–water partition coefficient (Wildman–Crippen LogP) is 6.05. The monoisotopic (exact) mass is 450 g/mol. The van der Waals surface area contributed by atoms with Crippen LogP contribution in [-0.2, 0) is 31.8 Å². The SMILES string of the molecule is COc1cccc(C23CCN(Cc4ccccc4)CC2Cc2c(n(C)c4ccc(C)cc24)C3)c1. The van der Waals surface area contributed by atoms with E-state index < -0.39 is 0 Å². The van der Waals surface area contributed by atoms with Crippen molar-refractivity contribution in [2.75, 3.05) is 20.2 Å². The van der Waals surface area contributed by atoms with Gasteiger partial charge in [0, 0.05) is 42.1 Å². The van der Waals surface area contributed by atoms with E-state index in [0.29, 0.717) is 5.92 Å². The van der Waals surface area contributed by atoms with E-state index in [1.54, 1.807) is 12.7 Å². The summed E-state index contributed by atoms with van der Waals surface area (Å²) in [7, 11) is 4.04. The fourth-order valence-electron chi connectivity index (χ4n) is 6.72. The molecule has 0 radical (unpaired) electrons. The summed E-state index contributed by atoms with van der Waals surface area (Å²) in [5.41, 5.74) is 8.82. The minimum Gasteiger partial charge on any atom is -0.497 e. The molecule has 2 heterocycles. The minimum atomic E-state index is 0.145. The maximum Gasteiger partial charge on any atom is 0.119 e. The molecule has 1 aliphatic heterocycles. The van der Waals surface area contributed by atoms with Crippen molar-refractivity contribution in [3.05, 3.63) is 101 Å². The Morgan fingerprint density at radius 3 is 2.68 bits per heavy atom. The number of methoxy groups -OCH3 is 1. The molecule has 0 saturated carbocycles. The molecule has 0 amide bonds. The lowest BCUT2D eigenvalue weighted by atomic mass is 9.58. The summed E-state index contributed by atoms with van der Waals surface area (Å²) in [6.45, 7) is 5.51. The molecular formula is C31H34N2O. The molecule has 2 aliphatic rings. The van der Waals surface area contributed by atoms with Crippen LogP contribution >= 0.6 is 0 Å². The number of aromatic nitrogens is 1. The van der Waals surface area contributed by atoms with Crippen LogP contribution in [0.25, 0.3) is 10.9 Å². The Morgan fingerprint density at radius 2 is 1.85 bits per heavy atom. The van der Waals surface area contributed by atoms with Gasteiger partial charge in [-0.25, -0.2) is 0 Å². The number of nitrogens with zero attached hydrogens (tertiary/aromatic N) is 2. The summed E-state index contributed by atoms with van der Waals surface area (Å²) >= 11 is 0. The Kier molecular flexibility index (Phi) is 5.26. The highest BCUT2D eigenvalue weighted by Crippen LogP contribution is 2.50. The van der Waals surface area contributed by atoms with Gasteiger partial charge in [0.15, 0.2) is 0 Å². The molecule has 6 rings (SSSR count). The Bertz CT molecular complexity index is 1340. The van der Waals surface area contributed by atoms with E-state index in [2.05, 4.69) is 96.2 Å². The van der Waals surface area contributed by atoms with Crippen molar-refractivity contribution in [3.63, 3.8) is 0 Å². The zero-order valence-electron chi connectivity index (χ0n) is 20.6. The van der Waals surface area contributed by atoms with Crippen LogP contribution in [-0.4, -0.2) is 29.7 Å². The molecule has 174 valence electrons. The summed E-state index contributed by atoms with van der Waals surface area (Å²) in [5.74, 6) is 1.55. The molecule has 0 N–H and O–H groups in total. The van der Waals surface area contributed by atoms with Crippen LogP contribution in [0.5, 0.6) is 5.75 Å². The van der Waals surface area contributed by atoms with E-state index >= 15 is 0 Å². The molecule has 2 unspecified atom stereocenters. The number of fused-ring (bicyclic) bond motifs is 4. The normalized spacial score (nSPS) is 22.4. The highest BCUT2D eigenvalue weighted by molar-refractivity contribution is 5.86. The maximum absolute atomic E-state index is 5.66. The summed E-state index contributed by atoms with van der Waals surface area (Å²) in [6, 6.07) is 26.8. The average Bonchev–Trinajstić information content (AvgIpc) is 3.13. The van der Waals surface area contributed by atoms with E-state index in [0.717, 1.165) is 38.2 Å². The summed E-state index contributed by atoms with van der Waals surface area (Å²) in [5, 5.41) is 1.46. The van der Waals surface area contributed by atoms with Gasteiger partial charge in [-0.15, -0.1) is 0 Å². The number of likely N-dealkylation sites (tertiary alicyclic amines) is 1. The topological polar surface area (TPSA) is 17.4 Å². The number of hydrogen-bond donors (Lipinski definition) is 0. The molecule has 2 atom stereocenters. The lowest BCUT2D eigenvalue weighted by Crippen LogP contribution is -2.53. The molecule has 1 aliphatic carbocycles. The van der Waals surface area contributed by atoms with Gasteiger partial charge < -0.3 is 9.30 Å². The third-order valence-electron chi connectivity index (χ3n) is 8.55. The van der Waals surface area contributed by atoms with Gasteiger partial charge in [0.25, 0.3) is 0 Å². The molecule has 3 aromatic carbocycles. The first-order valence-electron chi connectivity index (χ1n) is 12.5. The molecule has 1 aromatic heterocycles. The fraction of sp³-hybridized carbons (Fsp3) is 0.355. The highest BCUT2D eigenvalue weighted by atomic mass is 16.5. The van der Waals surface area contributed by atoms with E-state index in [1.165, 1.54) is 39.7 Å². The largest absolute Gasteiger partial charge is 0.497 e. The summed E-state index contributed by atoms with van der Waals surface area (Å²) in [6.07, 6.45) is 3.42. The smallest absolute Gasteiger partial charge is 0.119 e. The number of ether oxygens (including phenoxy) is 1. The Hall–Kier alpha value is -3.04. The van der Waals surface area contributed by atoms with Gasteiger partial charge in [-0.3, -0.25) is 4.90 Å². The van der Waals surface area contributed by atoms with E-state index in [1.807, 2.05) is 0 Å². The first-order valence-corrected chi connectivity index (χ1v) is 12.5. The minimum absolute atomic E-state index is 0.145. The van der Waals surface area contributed by atoms with Crippen molar-refractivity contribution >= 4 is 10.9 Å². The van der Waals surface area contributed by atoms with Crippen LogP contribution in [0.15, 0.2) is 72.8 Å². The lowest BCUT2D eigenvalue weighted by Gasteiger charge is -2.51. The van der Waals surface area contributed by atoms with Crippen LogP contribution in [0.4, 0.5) is 0 Å². The molecule has 0 bridgehead atoms. The van der Waals surface area contributed by atoms with E-state index in [9.17, 15) is 0 Å². The van der Waals surface area contributed by atoms with Crippen molar-refractivity contribution in [3.8, 4) is 5.75 Å². The molecule has 0 spiro atoms. The molecule has 4 aromatic rings. The van der Waals surface area contributed by atoms with Crippen molar-refractivity contribution in [1.29, 1.82) is 0 Å². The van der Waals surface area contributed by atoms with Gasteiger partial charge >= 0.3 is 0 Å². The number of rotatable bonds is 4. The van der Waals surface area contributed by atoms with Crippen molar-refractivity contribution in [1.82, 2.24) is 9.47 Å². The van der Waals surface area contributed by atoms with Gasteiger partial charge in [0.05, 0.1) is 7.11 Å². The zero-order valence-corrected chi connectivity index (χ0v) is 20.6. The van der Waals surface area contributed by atoms with Gasteiger partial charge in [-0.1, -0.05) is 54.1 Å². The van der Waals surface area contributed by atoms with Gasteiger partial charge in [-0.05, 0) is 79.6 Å². The lowest BCUT2D eigenvalue weighted by molar-refractivity contribution is 0.0758. The van der Waals surface area contributed by atoms with Gasteiger partial charge in [0.2, 0.25) is 0 Å². The van der Waals surface area contributed by atoms with Crippen molar-refractivity contribution in [2.24, 2.45) is 13.0 Å². The first-order chi connectivity index (χ1) is 16.6. The third kappa shape index (κ3) is 3.45. The van der Waals surface area contributed by atoms with Crippen LogP contribution in [0.1, 0.15) is 34.4 Å². The quantitative estimate of drug-likeness (QED) is 0.376. The van der Waals surface area contributed by atoms with Gasteiger partial charge in [0.1, 0.15) is 5.75 Å². The second kappa shape index (κ2) is 8.32. The second-order valence-electron chi connectivity index (χ2n) is 10.4.